The molecule has 1 aromatic carbocycles. The van der Waals surface area contributed by atoms with Crippen molar-refractivity contribution >= 4 is 17.5 Å². The van der Waals surface area contributed by atoms with Crippen LogP contribution < -0.4 is 10.6 Å². The van der Waals surface area contributed by atoms with E-state index in [1.165, 1.54) is 24.8 Å². The lowest BCUT2D eigenvalue weighted by Gasteiger charge is -2.13. The smallest absolute Gasteiger partial charge is 0.251 e. The molecule has 1 aromatic rings. The topological polar surface area (TPSA) is 58.2 Å². The molecular formula is C18H22N2O2. The molecule has 0 unspecified atom stereocenters. The third-order valence-electron chi connectivity index (χ3n) is 4.16. The second-order valence-electron chi connectivity index (χ2n) is 6.18. The number of benzene rings is 1. The van der Waals surface area contributed by atoms with Gasteiger partial charge in [0.25, 0.3) is 5.91 Å². The molecule has 4 nitrogen and oxygen atoms in total. The summed E-state index contributed by atoms with van der Waals surface area (Å²) < 4.78 is 0. The first-order valence-electron chi connectivity index (χ1n) is 8.12. The second-order valence-corrected chi connectivity index (χ2v) is 6.18. The Morgan fingerprint density at radius 3 is 2.32 bits per heavy atom. The number of carbonyl (C=O) groups is 2. The Hall–Kier alpha value is -2.10. The summed E-state index contributed by atoms with van der Waals surface area (Å²) in [6, 6.07) is 7.41. The van der Waals surface area contributed by atoms with Gasteiger partial charge in [-0.2, -0.15) is 0 Å². The maximum Gasteiger partial charge on any atom is 0.251 e. The minimum Gasteiger partial charge on any atom is -0.349 e. The third kappa shape index (κ3) is 4.20. The summed E-state index contributed by atoms with van der Waals surface area (Å²) in [7, 11) is 0. The Kier molecular flexibility index (Phi) is 4.56. The Morgan fingerprint density at radius 1 is 1.00 bits per heavy atom. The van der Waals surface area contributed by atoms with Gasteiger partial charge in [0.2, 0.25) is 5.91 Å². The second kappa shape index (κ2) is 6.77. The van der Waals surface area contributed by atoms with Crippen LogP contribution in [0.2, 0.25) is 0 Å². The molecule has 2 fully saturated rings. The van der Waals surface area contributed by atoms with Gasteiger partial charge in [-0.3, -0.25) is 9.59 Å². The van der Waals surface area contributed by atoms with Gasteiger partial charge in [-0.1, -0.05) is 12.0 Å². The van der Waals surface area contributed by atoms with E-state index in [4.69, 9.17) is 0 Å². The first kappa shape index (κ1) is 14.8. The first-order chi connectivity index (χ1) is 10.7. The minimum absolute atomic E-state index is 0.0373. The van der Waals surface area contributed by atoms with Gasteiger partial charge in [-0.25, -0.2) is 0 Å². The normalized spacial score (nSPS) is 17.7. The van der Waals surface area contributed by atoms with E-state index in [1.54, 1.807) is 30.3 Å². The number of hydrogen-bond donors (Lipinski definition) is 2. The van der Waals surface area contributed by atoms with Gasteiger partial charge < -0.3 is 10.6 Å². The van der Waals surface area contributed by atoms with Crippen LogP contribution in [0.25, 0.3) is 0 Å². The zero-order valence-corrected chi connectivity index (χ0v) is 12.7. The van der Waals surface area contributed by atoms with Gasteiger partial charge >= 0.3 is 0 Å². The fourth-order valence-electron chi connectivity index (χ4n) is 2.72. The van der Waals surface area contributed by atoms with Crippen LogP contribution >= 0.6 is 0 Å². The first-order valence-corrected chi connectivity index (χ1v) is 8.12. The van der Waals surface area contributed by atoms with Crippen LogP contribution in [-0.2, 0) is 4.79 Å². The van der Waals surface area contributed by atoms with Crippen LogP contribution in [0, 0.1) is 0 Å². The molecule has 0 spiro atoms. The Morgan fingerprint density at radius 2 is 1.68 bits per heavy atom. The van der Waals surface area contributed by atoms with Gasteiger partial charge in [-0.05, 0) is 62.8 Å². The Bertz CT molecular complexity index is 578. The predicted octanol–water partition coefficient (Wildman–Crippen LogP) is 3.41. The number of allylic oxidation sites excluding steroid dienone is 1. The molecule has 0 bridgehead atoms. The zero-order chi connectivity index (χ0) is 15.4. The van der Waals surface area contributed by atoms with Crippen LogP contribution in [0.3, 0.4) is 0 Å². The fraction of sp³-hybridized carbons (Fsp3) is 0.444. The van der Waals surface area contributed by atoms with Crippen LogP contribution in [-0.4, -0.2) is 17.9 Å². The average Bonchev–Trinajstić information content (AvgIpc) is 3.33. The highest BCUT2D eigenvalue weighted by atomic mass is 16.2. The van der Waals surface area contributed by atoms with E-state index in [2.05, 4.69) is 10.6 Å². The lowest BCUT2D eigenvalue weighted by atomic mass is 9.94. The molecule has 0 heterocycles. The van der Waals surface area contributed by atoms with Crippen molar-refractivity contribution in [2.24, 2.45) is 0 Å². The van der Waals surface area contributed by atoms with E-state index >= 15 is 0 Å². The fourth-order valence-corrected chi connectivity index (χ4v) is 2.72. The van der Waals surface area contributed by atoms with Gasteiger partial charge in [0.05, 0.1) is 0 Å². The maximum absolute atomic E-state index is 12.0. The van der Waals surface area contributed by atoms with Crippen molar-refractivity contribution in [3.05, 3.63) is 41.5 Å². The molecule has 2 aliphatic rings. The van der Waals surface area contributed by atoms with Crippen molar-refractivity contribution in [3.8, 4) is 0 Å². The highest BCUT2D eigenvalue weighted by Gasteiger charge is 2.23. The molecule has 2 amide bonds. The van der Waals surface area contributed by atoms with Gasteiger partial charge in [0.1, 0.15) is 0 Å². The van der Waals surface area contributed by atoms with E-state index in [0.29, 0.717) is 11.6 Å². The molecule has 0 radical (unpaired) electrons. The number of rotatable bonds is 4. The summed E-state index contributed by atoms with van der Waals surface area (Å²) in [5.74, 6) is -0.114. The highest BCUT2D eigenvalue weighted by molar-refractivity contribution is 6.00. The number of amides is 2. The average molecular weight is 298 g/mol. The highest BCUT2D eigenvalue weighted by Crippen LogP contribution is 2.23. The van der Waals surface area contributed by atoms with Crippen molar-refractivity contribution in [1.29, 1.82) is 0 Å². The Labute approximate surface area is 131 Å². The summed E-state index contributed by atoms with van der Waals surface area (Å²) in [5, 5.41) is 5.81. The standard InChI is InChI=1S/C18H22N2O2/c21-17(12-13-4-2-1-3-5-13)19-15-8-6-14(7-9-15)18(22)20-16-10-11-16/h6-9,12,16H,1-5,10-11H2,(H,19,21)(H,20,22). The van der Waals surface area contributed by atoms with Crippen molar-refractivity contribution in [2.75, 3.05) is 5.32 Å². The number of nitrogens with one attached hydrogen (secondary N) is 2. The summed E-state index contributed by atoms with van der Waals surface area (Å²) in [5.41, 5.74) is 2.60. The van der Waals surface area contributed by atoms with Crippen LogP contribution in [0.5, 0.6) is 0 Å². The molecule has 2 aliphatic carbocycles. The predicted molar refractivity (Wildman–Crippen MR) is 86.7 cm³/mol. The molecule has 2 saturated carbocycles. The van der Waals surface area contributed by atoms with Gasteiger partial charge in [-0.15, -0.1) is 0 Å². The summed E-state index contributed by atoms with van der Waals surface area (Å²) in [6.07, 6.45) is 9.59. The van der Waals surface area contributed by atoms with E-state index in [1.807, 2.05) is 0 Å². The largest absolute Gasteiger partial charge is 0.349 e. The number of anilines is 1. The molecule has 0 atom stereocenters. The van der Waals surface area contributed by atoms with Gasteiger partial charge in [0, 0.05) is 23.4 Å². The molecule has 116 valence electrons. The molecule has 22 heavy (non-hydrogen) atoms. The molecule has 0 saturated heterocycles. The molecular weight excluding hydrogens is 276 g/mol. The molecule has 0 aliphatic heterocycles. The molecule has 0 aromatic heterocycles. The van der Waals surface area contributed by atoms with E-state index < -0.39 is 0 Å². The number of hydrogen-bond acceptors (Lipinski definition) is 2. The van der Waals surface area contributed by atoms with Crippen LogP contribution in [0.4, 0.5) is 5.69 Å². The minimum atomic E-state index is -0.0768. The Balaban J connectivity index is 1.55. The van der Waals surface area contributed by atoms with Crippen LogP contribution in [0.15, 0.2) is 35.9 Å². The van der Waals surface area contributed by atoms with Crippen molar-refractivity contribution in [1.82, 2.24) is 5.32 Å². The molecule has 4 heteroatoms. The summed E-state index contributed by atoms with van der Waals surface area (Å²) >= 11 is 0. The van der Waals surface area contributed by atoms with Crippen LogP contribution in [0.1, 0.15) is 55.3 Å². The molecule has 2 N–H and O–H groups in total. The van der Waals surface area contributed by atoms with E-state index in [-0.39, 0.29) is 11.8 Å². The van der Waals surface area contributed by atoms with Crippen molar-refractivity contribution < 1.29 is 9.59 Å². The van der Waals surface area contributed by atoms with Crippen molar-refractivity contribution in [2.45, 2.75) is 51.0 Å². The monoisotopic (exact) mass is 298 g/mol. The summed E-state index contributed by atoms with van der Waals surface area (Å²) in [4.78, 5) is 23.9. The number of carbonyl (C=O) groups excluding carboxylic acids is 2. The van der Waals surface area contributed by atoms with Gasteiger partial charge in [0.15, 0.2) is 0 Å². The SMILES string of the molecule is O=C(C=C1CCCCC1)Nc1ccc(C(=O)NC2CC2)cc1. The quantitative estimate of drug-likeness (QED) is 0.837. The molecule has 3 rings (SSSR count). The van der Waals surface area contributed by atoms with E-state index in [0.717, 1.165) is 31.4 Å². The zero-order valence-electron chi connectivity index (χ0n) is 12.7. The third-order valence-corrected chi connectivity index (χ3v) is 4.16. The van der Waals surface area contributed by atoms with E-state index in [9.17, 15) is 9.59 Å². The van der Waals surface area contributed by atoms with Crippen molar-refractivity contribution in [3.63, 3.8) is 0 Å². The summed E-state index contributed by atoms with van der Waals surface area (Å²) in [6.45, 7) is 0. The lowest BCUT2D eigenvalue weighted by molar-refractivity contribution is -0.112. The lowest BCUT2D eigenvalue weighted by Crippen LogP contribution is -2.25. The maximum atomic E-state index is 12.0.